The summed E-state index contributed by atoms with van der Waals surface area (Å²) in [5, 5.41) is 11.9. The molecule has 0 saturated carbocycles. The number of hydrogen-bond acceptors (Lipinski definition) is 4. The van der Waals surface area contributed by atoms with Gasteiger partial charge in [0, 0.05) is 30.4 Å². The Kier molecular flexibility index (Phi) is 3.83. The van der Waals surface area contributed by atoms with Crippen LogP contribution in [0.3, 0.4) is 0 Å². The number of para-hydroxylation sites is 1. The molecule has 2 heterocycles. The normalized spacial score (nSPS) is 11.0. The smallest absolute Gasteiger partial charge is 0.124 e. The van der Waals surface area contributed by atoms with Gasteiger partial charge in [0.2, 0.25) is 0 Å². The molecule has 108 valence electrons. The summed E-state index contributed by atoms with van der Waals surface area (Å²) in [6.07, 6.45) is 1.58. The van der Waals surface area contributed by atoms with Gasteiger partial charge in [0.1, 0.15) is 6.26 Å². The summed E-state index contributed by atoms with van der Waals surface area (Å²) < 4.78 is 6.81. The van der Waals surface area contributed by atoms with Crippen molar-refractivity contribution in [3.63, 3.8) is 0 Å². The Labute approximate surface area is 123 Å². The molecule has 0 atom stereocenters. The predicted molar refractivity (Wildman–Crippen MR) is 80.1 cm³/mol. The molecule has 0 bridgehead atoms. The SMILES string of the molecule is Cc1nn(-c2ccccc2)c(C)c1CNCc1ccon1. The molecule has 1 aromatic carbocycles. The lowest BCUT2D eigenvalue weighted by molar-refractivity contribution is 0.408. The molecule has 2 aromatic heterocycles. The van der Waals surface area contributed by atoms with E-state index >= 15 is 0 Å². The number of aromatic nitrogens is 3. The summed E-state index contributed by atoms with van der Waals surface area (Å²) >= 11 is 0. The van der Waals surface area contributed by atoms with E-state index in [0.717, 1.165) is 29.3 Å². The summed E-state index contributed by atoms with van der Waals surface area (Å²) in [4.78, 5) is 0. The van der Waals surface area contributed by atoms with Crippen molar-refractivity contribution in [2.24, 2.45) is 0 Å². The predicted octanol–water partition coefficient (Wildman–Crippen LogP) is 2.77. The van der Waals surface area contributed by atoms with Gasteiger partial charge in [0.15, 0.2) is 0 Å². The second-order valence-corrected chi connectivity index (χ2v) is 4.99. The van der Waals surface area contributed by atoms with Gasteiger partial charge in [-0.2, -0.15) is 5.10 Å². The summed E-state index contributed by atoms with van der Waals surface area (Å²) in [6, 6.07) is 12.0. The first kappa shape index (κ1) is 13.6. The zero-order valence-corrected chi connectivity index (χ0v) is 12.2. The van der Waals surface area contributed by atoms with Crippen LogP contribution in [0, 0.1) is 13.8 Å². The molecule has 0 unspecified atom stereocenters. The van der Waals surface area contributed by atoms with Crippen molar-refractivity contribution in [3.8, 4) is 5.69 Å². The molecule has 0 spiro atoms. The minimum atomic E-state index is 0.686. The molecule has 0 aliphatic heterocycles. The minimum Gasteiger partial charge on any atom is -0.364 e. The maximum atomic E-state index is 4.82. The Balaban J connectivity index is 1.75. The molecule has 0 radical (unpaired) electrons. The topological polar surface area (TPSA) is 55.9 Å². The molecule has 0 amide bonds. The zero-order valence-electron chi connectivity index (χ0n) is 12.2. The van der Waals surface area contributed by atoms with Crippen molar-refractivity contribution in [1.82, 2.24) is 20.3 Å². The van der Waals surface area contributed by atoms with Crippen LogP contribution in [0.2, 0.25) is 0 Å². The van der Waals surface area contributed by atoms with Crippen LogP contribution < -0.4 is 5.32 Å². The molecule has 21 heavy (non-hydrogen) atoms. The molecular weight excluding hydrogens is 264 g/mol. The van der Waals surface area contributed by atoms with E-state index in [4.69, 9.17) is 4.52 Å². The van der Waals surface area contributed by atoms with Crippen LogP contribution in [0.25, 0.3) is 5.69 Å². The number of nitrogens with zero attached hydrogens (tertiary/aromatic N) is 3. The average molecular weight is 282 g/mol. The summed E-state index contributed by atoms with van der Waals surface area (Å²) in [5.41, 5.74) is 5.42. The number of rotatable bonds is 5. The van der Waals surface area contributed by atoms with E-state index in [1.807, 2.05) is 35.9 Å². The molecule has 3 aromatic rings. The molecule has 0 aliphatic carbocycles. The van der Waals surface area contributed by atoms with Gasteiger partial charge in [-0.15, -0.1) is 0 Å². The number of nitrogens with one attached hydrogen (secondary N) is 1. The second-order valence-electron chi connectivity index (χ2n) is 4.99. The third-order valence-corrected chi connectivity index (χ3v) is 3.54. The molecule has 3 rings (SSSR count). The van der Waals surface area contributed by atoms with E-state index in [0.29, 0.717) is 6.54 Å². The highest BCUT2D eigenvalue weighted by atomic mass is 16.5. The maximum absolute atomic E-state index is 4.82. The van der Waals surface area contributed by atoms with Gasteiger partial charge in [0.25, 0.3) is 0 Å². The highest BCUT2D eigenvalue weighted by Gasteiger charge is 2.12. The molecule has 0 fully saturated rings. The van der Waals surface area contributed by atoms with E-state index in [2.05, 4.69) is 34.6 Å². The third kappa shape index (κ3) is 2.87. The van der Waals surface area contributed by atoms with Gasteiger partial charge in [-0.05, 0) is 26.0 Å². The van der Waals surface area contributed by atoms with Crippen molar-refractivity contribution in [2.75, 3.05) is 0 Å². The summed E-state index contributed by atoms with van der Waals surface area (Å²) in [6.45, 7) is 5.59. The van der Waals surface area contributed by atoms with Gasteiger partial charge < -0.3 is 9.84 Å². The van der Waals surface area contributed by atoms with Gasteiger partial charge in [0.05, 0.1) is 17.1 Å². The van der Waals surface area contributed by atoms with Gasteiger partial charge in [-0.3, -0.25) is 0 Å². The van der Waals surface area contributed by atoms with E-state index in [1.165, 1.54) is 5.56 Å². The van der Waals surface area contributed by atoms with Crippen LogP contribution in [-0.2, 0) is 13.1 Å². The van der Waals surface area contributed by atoms with Crippen molar-refractivity contribution in [2.45, 2.75) is 26.9 Å². The van der Waals surface area contributed by atoms with E-state index < -0.39 is 0 Å². The van der Waals surface area contributed by atoms with Crippen LogP contribution in [-0.4, -0.2) is 14.9 Å². The highest BCUT2D eigenvalue weighted by molar-refractivity contribution is 5.36. The fraction of sp³-hybridized carbons (Fsp3) is 0.250. The Morgan fingerprint density at radius 2 is 1.90 bits per heavy atom. The molecular formula is C16H18N4O. The molecule has 5 heteroatoms. The first-order valence-corrected chi connectivity index (χ1v) is 6.96. The average Bonchev–Trinajstić information content (AvgIpc) is 3.11. The number of benzene rings is 1. The van der Waals surface area contributed by atoms with Crippen LogP contribution in [0.5, 0.6) is 0 Å². The number of aryl methyl sites for hydroxylation is 1. The van der Waals surface area contributed by atoms with E-state index in [9.17, 15) is 0 Å². The molecule has 1 N–H and O–H groups in total. The quantitative estimate of drug-likeness (QED) is 0.782. The van der Waals surface area contributed by atoms with Crippen LogP contribution in [0.4, 0.5) is 0 Å². The lowest BCUT2D eigenvalue weighted by Crippen LogP contribution is -2.14. The van der Waals surface area contributed by atoms with Crippen LogP contribution in [0.1, 0.15) is 22.6 Å². The Morgan fingerprint density at radius 1 is 1.10 bits per heavy atom. The molecule has 5 nitrogen and oxygen atoms in total. The van der Waals surface area contributed by atoms with Crippen molar-refractivity contribution in [1.29, 1.82) is 0 Å². The second kappa shape index (κ2) is 5.93. The van der Waals surface area contributed by atoms with E-state index in [-0.39, 0.29) is 0 Å². The van der Waals surface area contributed by atoms with Crippen molar-refractivity contribution < 1.29 is 4.52 Å². The monoisotopic (exact) mass is 282 g/mol. The third-order valence-electron chi connectivity index (χ3n) is 3.54. The summed E-state index contributed by atoms with van der Waals surface area (Å²) in [7, 11) is 0. The van der Waals surface area contributed by atoms with E-state index in [1.54, 1.807) is 6.26 Å². The van der Waals surface area contributed by atoms with Crippen LogP contribution in [0.15, 0.2) is 47.2 Å². The summed E-state index contributed by atoms with van der Waals surface area (Å²) in [5.74, 6) is 0. The largest absolute Gasteiger partial charge is 0.364 e. The lowest BCUT2D eigenvalue weighted by Gasteiger charge is -2.06. The lowest BCUT2D eigenvalue weighted by atomic mass is 10.2. The minimum absolute atomic E-state index is 0.686. The Bertz CT molecular complexity index is 701. The molecule has 0 aliphatic rings. The highest BCUT2D eigenvalue weighted by Crippen LogP contribution is 2.17. The Hall–Kier alpha value is -2.40. The Morgan fingerprint density at radius 3 is 2.62 bits per heavy atom. The fourth-order valence-corrected chi connectivity index (χ4v) is 2.40. The first-order valence-electron chi connectivity index (χ1n) is 6.96. The first-order chi connectivity index (χ1) is 10.3. The van der Waals surface area contributed by atoms with Gasteiger partial charge >= 0.3 is 0 Å². The van der Waals surface area contributed by atoms with Gasteiger partial charge in [-0.1, -0.05) is 23.4 Å². The fourth-order valence-electron chi connectivity index (χ4n) is 2.40. The maximum Gasteiger partial charge on any atom is 0.124 e. The van der Waals surface area contributed by atoms with Crippen LogP contribution >= 0.6 is 0 Å². The number of hydrogen-bond donors (Lipinski definition) is 1. The van der Waals surface area contributed by atoms with Crippen molar-refractivity contribution >= 4 is 0 Å². The van der Waals surface area contributed by atoms with Crippen molar-refractivity contribution in [3.05, 3.63) is 65.3 Å². The molecule has 0 saturated heterocycles. The zero-order chi connectivity index (χ0) is 14.7. The van der Waals surface area contributed by atoms with Gasteiger partial charge in [-0.25, -0.2) is 4.68 Å². The standard InChI is InChI=1S/C16H18N4O/c1-12-16(11-17-10-14-8-9-21-19-14)13(2)20(18-12)15-6-4-3-5-7-15/h3-9,17H,10-11H2,1-2H3.